The molecular formula is C28H25N5O6. The van der Waals surface area contributed by atoms with Crippen LogP contribution in [0.25, 0.3) is 22.5 Å². The number of ketones is 1. The number of amides is 3. The van der Waals surface area contributed by atoms with Gasteiger partial charge in [0.1, 0.15) is 18.0 Å². The molecule has 5 rings (SSSR count). The molecule has 0 bridgehead atoms. The lowest BCUT2D eigenvalue weighted by molar-refractivity contribution is -0.139. The summed E-state index contributed by atoms with van der Waals surface area (Å²) in [7, 11) is 0. The van der Waals surface area contributed by atoms with Crippen molar-refractivity contribution in [2.45, 2.75) is 38.8 Å². The number of carboxylic acid groups (broad SMARTS) is 1. The Morgan fingerprint density at radius 1 is 0.872 bits per heavy atom. The first kappa shape index (κ1) is 25.7. The fourth-order valence-corrected chi connectivity index (χ4v) is 4.86. The summed E-state index contributed by atoms with van der Waals surface area (Å²) in [6.07, 6.45) is 2.95. The molecule has 3 amide bonds. The molecular weight excluding hydrogens is 502 g/mol. The van der Waals surface area contributed by atoms with Gasteiger partial charge in [-0.15, -0.1) is 5.10 Å². The number of benzene rings is 2. The van der Waals surface area contributed by atoms with Crippen molar-refractivity contribution >= 4 is 35.2 Å². The molecule has 198 valence electrons. The van der Waals surface area contributed by atoms with E-state index in [-0.39, 0.29) is 50.6 Å². The number of carbonyl (C=O) groups is 5. The van der Waals surface area contributed by atoms with Crippen LogP contribution in [0, 0.1) is 0 Å². The summed E-state index contributed by atoms with van der Waals surface area (Å²) in [5, 5.41) is 17.9. The third-order valence-electron chi connectivity index (χ3n) is 6.73. The van der Waals surface area contributed by atoms with Crippen LogP contribution in [0.5, 0.6) is 0 Å². The first-order valence-electron chi connectivity index (χ1n) is 12.5. The number of rotatable bonds is 9. The highest BCUT2D eigenvalue weighted by Gasteiger charge is 2.29. The molecule has 3 aromatic rings. The van der Waals surface area contributed by atoms with Gasteiger partial charge < -0.3 is 10.0 Å². The van der Waals surface area contributed by atoms with E-state index in [1.807, 2.05) is 30.3 Å². The van der Waals surface area contributed by atoms with Crippen molar-refractivity contribution in [1.82, 2.24) is 19.9 Å². The van der Waals surface area contributed by atoms with Gasteiger partial charge in [-0.25, -0.2) is 4.68 Å². The summed E-state index contributed by atoms with van der Waals surface area (Å²) in [6.45, 7) is -0.106. The average Bonchev–Trinajstić information content (AvgIpc) is 3.46. The van der Waals surface area contributed by atoms with Crippen molar-refractivity contribution < 1.29 is 29.1 Å². The van der Waals surface area contributed by atoms with Crippen LogP contribution < -0.4 is 4.90 Å². The summed E-state index contributed by atoms with van der Waals surface area (Å²) in [6, 6.07) is 14.7. The fraction of sp³-hybridized carbons (Fsp3) is 0.250. The Bertz CT molecular complexity index is 1510. The zero-order valence-corrected chi connectivity index (χ0v) is 20.9. The Morgan fingerprint density at radius 3 is 2.31 bits per heavy atom. The molecule has 0 fully saturated rings. The van der Waals surface area contributed by atoms with Gasteiger partial charge >= 0.3 is 5.97 Å². The number of imide groups is 1. The second-order valence-corrected chi connectivity index (χ2v) is 9.30. The van der Waals surface area contributed by atoms with Gasteiger partial charge in [-0.05, 0) is 18.1 Å². The van der Waals surface area contributed by atoms with Gasteiger partial charge in [0.15, 0.2) is 0 Å². The Kier molecular flexibility index (Phi) is 7.13. The molecule has 0 spiro atoms. The molecule has 0 saturated heterocycles. The summed E-state index contributed by atoms with van der Waals surface area (Å²) in [5.41, 5.74) is 3.86. The molecule has 2 aliphatic heterocycles. The van der Waals surface area contributed by atoms with Crippen molar-refractivity contribution in [2.75, 3.05) is 11.4 Å². The van der Waals surface area contributed by atoms with Crippen LogP contribution in [0.1, 0.15) is 31.2 Å². The monoisotopic (exact) mass is 527 g/mol. The molecule has 0 aliphatic carbocycles. The number of aromatic nitrogens is 3. The molecule has 39 heavy (non-hydrogen) atoms. The van der Waals surface area contributed by atoms with Crippen molar-refractivity contribution in [1.29, 1.82) is 0 Å². The Labute approximate surface area is 223 Å². The van der Waals surface area contributed by atoms with Gasteiger partial charge in [-0.2, -0.15) is 0 Å². The standard InChI is InChI=1S/C28H25N5O6/c34-19(14-15-31-24(36)12-13-25(31)37)7-5-11-23(35)32-16-18-6-1-2-8-20(18)27-28(21-9-3-4-10-22(21)32)33(30-29-27)17-26(38)39/h1-4,6,8-10,12-13H,5,7,11,14-17H2,(H,38,39). The number of hydrogen-bond donors (Lipinski definition) is 1. The van der Waals surface area contributed by atoms with Crippen LogP contribution in [-0.4, -0.2) is 61.0 Å². The van der Waals surface area contributed by atoms with Crippen molar-refractivity contribution in [2.24, 2.45) is 0 Å². The lowest BCUT2D eigenvalue weighted by Crippen LogP contribution is -2.32. The van der Waals surface area contributed by atoms with E-state index < -0.39 is 17.8 Å². The number of fused-ring (bicyclic) bond motifs is 5. The normalized spacial score (nSPS) is 13.9. The van der Waals surface area contributed by atoms with E-state index in [1.54, 1.807) is 23.1 Å². The van der Waals surface area contributed by atoms with E-state index >= 15 is 0 Å². The first-order chi connectivity index (χ1) is 18.8. The molecule has 3 heterocycles. The number of hydrogen-bond acceptors (Lipinski definition) is 7. The van der Waals surface area contributed by atoms with Gasteiger partial charge in [0, 0.05) is 49.1 Å². The van der Waals surface area contributed by atoms with Crippen LogP contribution in [0.15, 0.2) is 60.7 Å². The lowest BCUT2D eigenvalue weighted by atomic mass is 9.95. The molecule has 1 N–H and O–H groups in total. The highest BCUT2D eigenvalue weighted by atomic mass is 16.4. The maximum atomic E-state index is 13.6. The summed E-state index contributed by atoms with van der Waals surface area (Å²) >= 11 is 0. The quantitative estimate of drug-likeness (QED) is 0.419. The lowest BCUT2D eigenvalue weighted by Gasteiger charge is -2.28. The number of carbonyl (C=O) groups excluding carboxylic acids is 4. The van der Waals surface area contributed by atoms with Crippen LogP contribution in [0.2, 0.25) is 0 Å². The predicted molar refractivity (Wildman–Crippen MR) is 139 cm³/mol. The number of carboxylic acids is 1. The SMILES string of the molecule is O=C(O)Cn1nnc2c1-c1ccccc1N(C(=O)CCCC(=O)CCN1C(=O)C=CC1=O)Cc1ccccc1-2. The molecule has 2 aromatic carbocycles. The molecule has 2 aliphatic rings. The van der Waals surface area contributed by atoms with Crippen molar-refractivity contribution in [3.05, 3.63) is 66.2 Å². The average molecular weight is 528 g/mol. The van der Waals surface area contributed by atoms with Crippen LogP contribution >= 0.6 is 0 Å². The highest BCUT2D eigenvalue weighted by Crippen LogP contribution is 2.41. The van der Waals surface area contributed by atoms with Gasteiger partial charge in [0.25, 0.3) is 11.8 Å². The minimum atomic E-state index is -1.07. The molecule has 0 unspecified atom stereocenters. The molecule has 0 radical (unpaired) electrons. The number of aliphatic carboxylic acids is 1. The molecule has 0 saturated carbocycles. The van der Waals surface area contributed by atoms with Crippen LogP contribution in [0.4, 0.5) is 5.69 Å². The van der Waals surface area contributed by atoms with E-state index in [0.717, 1.165) is 16.0 Å². The highest BCUT2D eigenvalue weighted by molar-refractivity contribution is 6.13. The largest absolute Gasteiger partial charge is 0.480 e. The minimum absolute atomic E-state index is 0.0219. The summed E-state index contributed by atoms with van der Waals surface area (Å²) in [4.78, 5) is 63.5. The fourth-order valence-electron chi connectivity index (χ4n) is 4.86. The molecule has 0 atom stereocenters. The van der Waals surface area contributed by atoms with Crippen molar-refractivity contribution in [3.63, 3.8) is 0 Å². The smallest absolute Gasteiger partial charge is 0.325 e. The van der Waals surface area contributed by atoms with Gasteiger partial charge in [0.05, 0.1) is 17.9 Å². The number of para-hydroxylation sites is 1. The third-order valence-corrected chi connectivity index (χ3v) is 6.73. The Morgan fingerprint density at radius 2 is 1.56 bits per heavy atom. The predicted octanol–water partition coefficient (Wildman–Crippen LogP) is 2.60. The Hall–Kier alpha value is -4.93. The van der Waals surface area contributed by atoms with Crippen molar-refractivity contribution in [3.8, 4) is 22.5 Å². The maximum absolute atomic E-state index is 13.6. The van der Waals surface area contributed by atoms with Gasteiger partial charge in [-0.1, -0.05) is 47.7 Å². The van der Waals surface area contributed by atoms with E-state index in [2.05, 4.69) is 10.3 Å². The first-order valence-corrected chi connectivity index (χ1v) is 12.5. The second-order valence-electron chi connectivity index (χ2n) is 9.30. The minimum Gasteiger partial charge on any atom is -0.480 e. The van der Waals surface area contributed by atoms with Gasteiger partial charge in [0.2, 0.25) is 5.91 Å². The maximum Gasteiger partial charge on any atom is 0.325 e. The topological polar surface area (TPSA) is 143 Å². The number of anilines is 1. The van der Waals surface area contributed by atoms with E-state index in [4.69, 9.17) is 0 Å². The second kappa shape index (κ2) is 10.8. The summed E-state index contributed by atoms with van der Waals surface area (Å²) in [5.74, 6) is -2.26. The Balaban J connectivity index is 1.36. The molecule has 1 aromatic heterocycles. The van der Waals surface area contributed by atoms with Crippen LogP contribution in [0.3, 0.4) is 0 Å². The summed E-state index contributed by atoms with van der Waals surface area (Å²) < 4.78 is 1.32. The molecule has 11 heteroatoms. The zero-order chi connectivity index (χ0) is 27.5. The van der Waals surface area contributed by atoms with E-state index in [1.165, 1.54) is 16.8 Å². The number of nitrogens with zero attached hydrogens (tertiary/aromatic N) is 5. The van der Waals surface area contributed by atoms with E-state index in [9.17, 15) is 29.1 Å². The van der Waals surface area contributed by atoms with Crippen LogP contribution in [-0.2, 0) is 37.1 Å². The zero-order valence-electron chi connectivity index (χ0n) is 20.9. The number of Topliss-reactive ketones (excluding diaryl/α,β-unsaturated/α-hetero) is 1. The van der Waals surface area contributed by atoms with E-state index in [0.29, 0.717) is 29.1 Å². The third kappa shape index (κ3) is 5.24. The van der Waals surface area contributed by atoms with Gasteiger partial charge in [-0.3, -0.25) is 28.9 Å². The molecule has 11 nitrogen and oxygen atoms in total.